The predicted molar refractivity (Wildman–Crippen MR) is 71.9 cm³/mol. The number of hydrogen-bond donors (Lipinski definition) is 2. The zero-order valence-electron chi connectivity index (χ0n) is 11.4. The Kier molecular flexibility index (Phi) is 4.39. The van der Waals surface area contributed by atoms with Crippen LogP contribution < -0.4 is 11.1 Å². The summed E-state index contributed by atoms with van der Waals surface area (Å²) in [6.07, 6.45) is 1.69. The number of aryl methyl sites for hydroxylation is 1. The molecule has 19 heavy (non-hydrogen) atoms. The van der Waals surface area contributed by atoms with Crippen molar-refractivity contribution < 1.29 is 9.53 Å². The summed E-state index contributed by atoms with van der Waals surface area (Å²) in [5.41, 5.74) is 6.45. The molecule has 1 unspecified atom stereocenters. The summed E-state index contributed by atoms with van der Waals surface area (Å²) < 4.78 is 7.23. The van der Waals surface area contributed by atoms with Crippen LogP contribution in [0, 0.1) is 0 Å². The van der Waals surface area contributed by atoms with Gasteiger partial charge in [0.25, 0.3) is 5.91 Å². The molecular weight excluding hydrogens is 246 g/mol. The maximum absolute atomic E-state index is 12.0. The molecule has 0 saturated carbocycles. The summed E-state index contributed by atoms with van der Waals surface area (Å²) in [6.45, 7) is 5.55. The van der Waals surface area contributed by atoms with Crippen LogP contribution in [0.15, 0.2) is 6.20 Å². The van der Waals surface area contributed by atoms with E-state index in [-0.39, 0.29) is 17.7 Å². The van der Waals surface area contributed by atoms with Crippen molar-refractivity contribution in [1.82, 2.24) is 20.0 Å². The molecule has 1 aromatic rings. The van der Waals surface area contributed by atoms with Crippen molar-refractivity contribution in [2.24, 2.45) is 0 Å². The van der Waals surface area contributed by atoms with Crippen LogP contribution in [0.1, 0.15) is 17.4 Å². The quantitative estimate of drug-likeness (QED) is 0.771. The number of amides is 1. The van der Waals surface area contributed by atoms with Crippen molar-refractivity contribution in [3.8, 4) is 0 Å². The number of nitrogen functional groups attached to an aromatic ring is 1. The minimum atomic E-state index is -0.249. The standard InChI is InChI=1S/C12H21N5O2/c1-3-17-8-10(13)11(15-17)12(18)14-6-9-7-16(2)4-5-19-9/h8-9H,3-7,13H2,1-2H3,(H,14,18). The van der Waals surface area contributed by atoms with Crippen LogP contribution in [0.2, 0.25) is 0 Å². The second-order valence-electron chi connectivity index (χ2n) is 4.75. The van der Waals surface area contributed by atoms with E-state index in [1.54, 1.807) is 10.9 Å². The van der Waals surface area contributed by atoms with E-state index in [1.807, 2.05) is 14.0 Å². The third kappa shape index (κ3) is 3.45. The molecule has 3 N–H and O–H groups in total. The van der Waals surface area contributed by atoms with Crippen molar-refractivity contribution in [3.63, 3.8) is 0 Å². The third-order valence-electron chi connectivity index (χ3n) is 3.16. The van der Waals surface area contributed by atoms with Gasteiger partial charge in [-0.3, -0.25) is 9.48 Å². The summed E-state index contributed by atoms with van der Waals surface area (Å²) in [6, 6.07) is 0. The summed E-state index contributed by atoms with van der Waals surface area (Å²) >= 11 is 0. The highest BCUT2D eigenvalue weighted by Gasteiger charge is 2.20. The average molecular weight is 267 g/mol. The molecular formula is C12H21N5O2. The Labute approximate surface area is 112 Å². The lowest BCUT2D eigenvalue weighted by atomic mass is 10.2. The monoisotopic (exact) mass is 267 g/mol. The van der Waals surface area contributed by atoms with Crippen molar-refractivity contribution >= 4 is 11.6 Å². The Morgan fingerprint density at radius 3 is 3.11 bits per heavy atom. The van der Waals surface area contributed by atoms with Gasteiger partial charge in [-0.25, -0.2) is 0 Å². The molecule has 1 amide bonds. The smallest absolute Gasteiger partial charge is 0.274 e. The molecule has 0 bridgehead atoms. The predicted octanol–water partition coefficient (Wildman–Crippen LogP) is -0.454. The van der Waals surface area contributed by atoms with Gasteiger partial charge < -0.3 is 20.7 Å². The second-order valence-corrected chi connectivity index (χ2v) is 4.75. The van der Waals surface area contributed by atoms with Gasteiger partial charge in [0, 0.05) is 32.4 Å². The van der Waals surface area contributed by atoms with Gasteiger partial charge in [0.2, 0.25) is 0 Å². The minimum absolute atomic E-state index is 0.0252. The first kappa shape index (κ1) is 13.8. The molecule has 0 aromatic carbocycles. The number of anilines is 1. The van der Waals surface area contributed by atoms with E-state index in [2.05, 4.69) is 15.3 Å². The summed E-state index contributed by atoms with van der Waals surface area (Å²) in [4.78, 5) is 14.2. The van der Waals surface area contributed by atoms with Crippen LogP contribution in [0.25, 0.3) is 0 Å². The SMILES string of the molecule is CCn1cc(N)c(C(=O)NCC2CN(C)CCO2)n1. The van der Waals surface area contributed by atoms with E-state index in [1.165, 1.54) is 0 Å². The van der Waals surface area contributed by atoms with Gasteiger partial charge in [-0.2, -0.15) is 5.10 Å². The topological polar surface area (TPSA) is 85.4 Å². The summed E-state index contributed by atoms with van der Waals surface area (Å²) in [5, 5.41) is 6.96. The Hall–Kier alpha value is -1.60. The van der Waals surface area contributed by atoms with E-state index in [0.717, 1.165) is 13.1 Å². The Balaban J connectivity index is 1.88. The van der Waals surface area contributed by atoms with Gasteiger partial charge in [0.15, 0.2) is 5.69 Å². The fourth-order valence-corrected chi connectivity index (χ4v) is 2.06. The Morgan fingerprint density at radius 2 is 2.47 bits per heavy atom. The molecule has 7 nitrogen and oxygen atoms in total. The molecule has 106 valence electrons. The third-order valence-corrected chi connectivity index (χ3v) is 3.16. The van der Waals surface area contributed by atoms with Crippen molar-refractivity contribution in [2.75, 3.05) is 39.0 Å². The van der Waals surface area contributed by atoms with Gasteiger partial charge in [0.05, 0.1) is 18.4 Å². The molecule has 0 spiro atoms. The molecule has 1 aliphatic rings. The minimum Gasteiger partial charge on any atom is -0.396 e. The number of hydrogen-bond acceptors (Lipinski definition) is 5. The maximum atomic E-state index is 12.0. The number of nitrogens with zero attached hydrogens (tertiary/aromatic N) is 3. The first-order valence-corrected chi connectivity index (χ1v) is 6.51. The number of nitrogens with one attached hydrogen (secondary N) is 1. The number of ether oxygens (including phenoxy) is 1. The van der Waals surface area contributed by atoms with Gasteiger partial charge in [0.1, 0.15) is 0 Å². The molecule has 7 heteroatoms. The highest BCUT2D eigenvalue weighted by molar-refractivity contribution is 5.96. The first-order chi connectivity index (χ1) is 9.10. The van der Waals surface area contributed by atoms with E-state index < -0.39 is 0 Å². The lowest BCUT2D eigenvalue weighted by Gasteiger charge is -2.29. The lowest BCUT2D eigenvalue weighted by molar-refractivity contribution is -0.0175. The highest BCUT2D eigenvalue weighted by atomic mass is 16.5. The summed E-state index contributed by atoms with van der Waals surface area (Å²) in [5.74, 6) is -0.249. The molecule has 1 aliphatic heterocycles. The fourth-order valence-electron chi connectivity index (χ4n) is 2.06. The van der Waals surface area contributed by atoms with E-state index >= 15 is 0 Å². The van der Waals surface area contributed by atoms with Crippen LogP contribution in [0.4, 0.5) is 5.69 Å². The van der Waals surface area contributed by atoms with E-state index in [9.17, 15) is 4.79 Å². The first-order valence-electron chi connectivity index (χ1n) is 6.51. The Morgan fingerprint density at radius 1 is 1.68 bits per heavy atom. The number of morpholine rings is 1. The fraction of sp³-hybridized carbons (Fsp3) is 0.667. The van der Waals surface area contributed by atoms with Crippen LogP contribution >= 0.6 is 0 Å². The number of aromatic nitrogens is 2. The van der Waals surface area contributed by atoms with E-state index in [0.29, 0.717) is 25.4 Å². The van der Waals surface area contributed by atoms with Crippen molar-refractivity contribution in [3.05, 3.63) is 11.9 Å². The highest BCUT2D eigenvalue weighted by Crippen LogP contribution is 2.09. The number of rotatable bonds is 4. The molecule has 1 fully saturated rings. The zero-order chi connectivity index (χ0) is 13.8. The molecule has 1 saturated heterocycles. The van der Waals surface area contributed by atoms with Crippen LogP contribution in [0.5, 0.6) is 0 Å². The number of likely N-dealkylation sites (N-methyl/N-ethyl adjacent to an activating group) is 1. The normalized spacial score (nSPS) is 20.4. The van der Waals surface area contributed by atoms with Crippen LogP contribution in [0.3, 0.4) is 0 Å². The zero-order valence-corrected chi connectivity index (χ0v) is 11.4. The molecule has 1 aromatic heterocycles. The molecule has 2 heterocycles. The van der Waals surface area contributed by atoms with E-state index in [4.69, 9.17) is 10.5 Å². The number of carbonyl (C=O) groups excluding carboxylic acids is 1. The van der Waals surface area contributed by atoms with Gasteiger partial charge >= 0.3 is 0 Å². The Bertz CT molecular complexity index is 445. The largest absolute Gasteiger partial charge is 0.396 e. The van der Waals surface area contributed by atoms with Crippen molar-refractivity contribution in [1.29, 1.82) is 0 Å². The molecule has 0 aliphatic carbocycles. The molecule has 2 rings (SSSR count). The lowest BCUT2D eigenvalue weighted by Crippen LogP contribution is -2.46. The van der Waals surface area contributed by atoms with Crippen LogP contribution in [-0.2, 0) is 11.3 Å². The second kappa shape index (κ2) is 6.03. The molecule has 1 atom stereocenters. The van der Waals surface area contributed by atoms with Gasteiger partial charge in [-0.05, 0) is 14.0 Å². The number of carbonyl (C=O) groups is 1. The molecule has 0 radical (unpaired) electrons. The van der Waals surface area contributed by atoms with Gasteiger partial charge in [-0.15, -0.1) is 0 Å². The average Bonchev–Trinajstić information content (AvgIpc) is 2.77. The maximum Gasteiger partial charge on any atom is 0.274 e. The van der Waals surface area contributed by atoms with Gasteiger partial charge in [-0.1, -0.05) is 0 Å². The summed E-state index contributed by atoms with van der Waals surface area (Å²) in [7, 11) is 2.04. The van der Waals surface area contributed by atoms with Crippen LogP contribution in [-0.4, -0.2) is 60.0 Å². The van der Waals surface area contributed by atoms with Crippen molar-refractivity contribution in [2.45, 2.75) is 19.6 Å². The number of nitrogens with two attached hydrogens (primary N) is 1.